The van der Waals surface area contributed by atoms with Crippen LogP contribution in [0.3, 0.4) is 0 Å². The van der Waals surface area contributed by atoms with Gasteiger partial charge in [-0.2, -0.15) is 0 Å². The second-order valence-electron chi connectivity index (χ2n) is 3.20. The van der Waals surface area contributed by atoms with Gasteiger partial charge in [0.1, 0.15) is 0 Å². The molecule has 0 nitrogen and oxygen atoms in total. The SMILES string of the molecule is C[I-]c1ccc(-c2ccc(Br)cc2)cc1. The van der Waals surface area contributed by atoms with Gasteiger partial charge in [0.25, 0.3) is 0 Å². The van der Waals surface area contributed by atoms with Gasteiger partial charge in [0.15, 0.2) is 0 Å². The molecule has 0 aliphatic carbocycles. The molecule has 2 aromatic rings. The molecule has 0 saturated heterocycles. The van der Waals surface area contributed by atoms with Crippen molar-refractivity contribution in [3.63, 3.8) is 0 Å². The summed E-state index contributed by atoms with van der Waals surface area (Å²) in [5.41, 5.74) is 2.57. The van der Waals surface area contributed by atoms with E-state index in [1.165, 1.54) is 14.7 Å². The average Bonchev–Trinajstić information content (AvgIpc) is 2.30. The van der Waals surface area contributed by atoms with E-state index in [0.29, 0.717) is 0 Å². The molecule has 2 rings (SSSR count). The number of halogens is 2. The summed E-state index contributed by atoms with van der Waals surface area (Å²) in [5.74, 6) is 0. The molecule has 0 radical (unpaired) electrons. The first kappa shape index (κ1) is 11.1. The fraction of sp³-hybridized carbons (Fsp3) is 0.0769. The van der Waals surface area contributed by atoms with Crippen LogP contribution in [0.15, 0.2) is 53.0 Å². The third kappa shape index (κ3) is 2.82. The Kier molecular flexibility index (Phi) is 3.81. The fourth-order valence-electron chi connectivity index (χ4n) is 1.41. The van der Waals surface area contributed by atoms with Gasteiger partial charge >= 0.3 is 110 Å². The van der Waals surface area contributed by atoms with Crippen LogP contribution in [0.5, 0.6) is 0 Å². The standard InChI is InChI=1S/C13H11BrI/c1-15-13-8-4-11(5-9-13)10-2-6-12(14)7-3-10/h2-9H,1H3/q-1. The molecule has 2 aromatic carbocycles. The summed E-state index contributed by atoms with van der Waals surface area (Å²) in [6, 6.07) is 17.3. The Bertz CT molecular complexity index is 431. The molecule has 15 heavy (non-hydrogen) atoms. The Morgan fingerprint density at radius 3 is 1.73 bits per heavy atom. The van der Waals surface area contributed by atoms with Crippen molar-refractivity contribution in [2.75, 3.05) is 4.93 Å². The summed E-state index contributed by atoms with van der Waals surface area (Å²) in [6.45, 7) is 0. The van der Waals surface area contributed by atoms with Crippen LogP contribution in [0.1, 0.15) is 0 Å². The summed E-state index contributed by atoms with van der Waals surface area (Å²) >= 11 is 3.66. The van der Waals surface area contributed by atoms with Crippen LogP contribution in [0.2, 0.25) is 0 Å². The first-order valence-electron chi connectivity index (χ1n) is 4.65. The number of hydrogen-bond acceptors (Lipinski definition) is 0. The summed E-state index contributed by atoms with van der Waals surface area (Å²) < 4.78 is 2.62. The number of alkyl halides is 1. The summed E-state index contributed by atoms with van der Waals surface area (Å²) in [7, 11) is 0. The second kappa shape index (κ2) is 5.12. The molecule has 2 heteroatoms. The van der Waals surface area contributed by atoms with E-state index in [4.69, 9.17) is 0 Å². The molecule has 0 fully saturated rings. The number of rotatable bonds is 2. The number of hydrogen-bond donors (Lipinski definition) is 0. The molecule has 0 atom stereocenters. The van der Waals surface area contributed by atoms with Gasteiger partial charge in [0.05, 0.1) is 0 Å². The summed E-state index contributed by atoms with van der Waals surface area (Å²) in [5, 5.41) is 0. The van der Waals surface area contributed by atoms with E-state index in [-0.39, 0.29) is 21.2 Å². The van der Waals surface area contributed by atoms with Gasteiger partial charge in [-0.1, -0.05) is 0 Å². The minimum absolute atomic E-state index is 0.214. The average molecular weight is 374 g/mol. The molecule has 0 bridgehead atoms. The summed E-state index contributed by atoms with van der Waals surface area (Å²) in [4.78, 5) is 2.29. The zero-order valence-electron chi connectivity index (χ0n) is 8.37. The van der Waals surface area contributed by atoms with E-state index in [9.17, 15) is 0 Å². The first-order valence-corrected chi connectivity index (χ1v) is 8.68. The zero-order chi connectivity index (χ0) is 10.7. The Labute approximate surface area is 109 Å². The molecule has 0 aliphatic heterocycles. The van der Waals surface area contributed by atoms with Crippen LogP contribution >= 0.6 is 15.9 Å². The van der Waals surface area contributed by atoms with Gasteiger partial charge in [-0.25, -0.2) is 0 Å². The normalized spacial score (nSPS) is 10.5. The molecule has 0 amide bonds. The van der Waals surface area contributed by atoms with Gasteiger partial charge in [0, 0.05) is 0 Å². The predicted molar refractivity (Wildman–Crippen MR) is 64.2 cm³/mol. The van der Waals surface area contributed by atoms with E-state index in [1.807, 2.05) is 0 Å². The molecule has 0 saturated carbocycles. The van der Waals surface area contributed by atoms with Crippen LogP contribution in [0.4, 0.5) is 0 Å². The van der Waals surface area contributed by atoms with Crippen LogP contribution in [0, 0.1) is 3.57 Å². The second-order valence-corrected chi connectivity index (χ2v) is 6.44. The van der Waals surface area contributed by atoms with Gasteiger partial charge in [-0.05, 0) is 0 Å². The van der Waals surface area contributed by atoms with Crippen molar-refractivity contribution in [3.05, 3.63) is 56.6 Å². The Morgan fingerprint density at radius 2 is 1.27 bits per heavy atom. The molecule has 0 aliphatic rings. The third-order valence-electron chi connectivity index (χ3n) is 2.24. The maximum atomic E-state index is 3.45. The van der Waals surface area contributed by atoms with Crippen molar-refractivity contribution < 1.29 is 21.2 Å². The van der Waals surface area contributed by atoms with Crippen molar-refractivity contribution in [2.45, 2.75) is 0 Å². The molecule has 0 aromatic heterocycles. The molecule has 0 heterocycles. The van der Waals surface area contributed by atoms with E-state index < -0.39 is 0 Å². The molecule has 0 spiro atoms. The summed E-state index contributed by atoms with van der Waals surface area (Å²) in [6.07, 6.45) is 0. The van der Waals surface area contributed by atoms with Gasteiger partial charge in [-0.15, -0.1) is 0 Å². The number of benzene rings is 2. The monoisotopic (exact) mass is 373 g/mol. The predicted octanol–water partition coefficient (Wildman–Crippen LogP) is 1.00. The molecule has 0 N–H and O–H groups in total. The molecular weight excluding hydrogens is 363 g/mol. The van der Waals surface area contributed by atoms with Gasteiger partial charge in [-0.3, -0.25) is 0 Å². The van der Waals surface area contributed by atoms with Crippen molar-refractivity contribution in [3.8, 4) is 11.1 Å². The van der Waals surface area contributed by atoms with Crippen LogP contribution in [0.25, 0.3) is 11.1 Å². The Morgan fingerprint density at radius 1 is 0.800 bits per heavy atom. The molecule has 0 unspecified atom stereocenters. The van der Waals surface area contributed by atoms with Crippen molar-refractivity contribution in [2.24, 2.45) is 0 Å². The van der Waals surface area contributed by atoms with Crippen molar-refractivity contribution in [1.82, 2.24) is 0 Å². The quantitative estimate of drug-likeness (QED) is 0.544. The van der Waals surface area contributed by atoms with E-state index in [2.05, 4.69) is 69.4 Å². The van der Waals surface area contributed by atoms with Crippen molar-refractivity contribution >= 4 is 15.9 Å². The van der Waals surface area contributed by atoms with E-state index in [1.54, 1.807) is 0 Å². The Balaban J connectivity index is 2.33. The van der Waals surface area contributed by atoms with Crippen LogP contribution in [-0.4, -0.2) is 4.93 Å². The maximum absolute atomic E-state index is 3.45. The van der Waals surface area contributed by atoms with E-state index in [0.717, 1.165) is 4.47 Å². The fourth-order valence-corrected chi connectivity index (χ4v) is 2.75. The topological polar surface area (TPSA) is 0 Å². The van der Waals surface area contributed by atoms with Gasteiger partial charge < -0.3 is 0 Å². The van der Waals surface area contributed by atoms with Gasteiger partial charge in [0.2, 0.25) is 0 Å². The zero-order valence-corrected chi connectivity index (χ0v) is 12.1. The Hall–Kier alpha value is -0.350. The van der Waals surface area contributed by atoms with Crippen molar-refractivity contribution in [1.29, 1.82) is 0 Å². The third-order valence-corrected chi connectivity index (χ3v) is 4.73. The first-order chi connectivity index (χ1) is 7.29. The van der Waals surface area contributed by atoms with Crippen LogP contribution < -0.4 is 21.2 Å². The van der Waals surface area contributed by atoms with Crippen LogP contribution in [-0.2, 0) is 0 Å². The minimum atomic E-state index is 0.214. The molecule has 78 valence electrons. The van der Waals surface area contributed by atoms with E-state index >= 15 is 0 Å². The molecular formula is C13H11BrI-.